The van der Waals surface area contributed by atoms with Gasteiger partial charge in [-0.1, -0.05) is 24.3 Å². The number of hydrogen-bond donors (Lipinski definition) is 0. The highest BCUT2D eigenvalue weighted by atomic mass is 16.3. The second-order valence-electron chi connectivity index (χ2n) is 10.2. The van der Waals surface area contributed by atoms with Gasteiger partial charge in [-0.25, -0.2) is 0 Å². The Labute approximate surface area is 175 Å². The molecule has 7 heterocycles. The fraction of sp³-hybridized carbons (Fsp3) is 0.692. The first-order chi connectivity index (χ1) is 14.4. The van der Waals surface area contributed by atoms with E-state index in [2.05, 4.69) is 40.2 Å². The third-order valence-electron chi connectivity index (χ3n) is 8.52. The minimum absolute atomic E-state index is 0.378. The smallest absolute Gasteiger partial charge is 0.125 e. The van der Waals surface area contributed by atoms with E-state index in [-0.39, 0.29) is 0 Å². The average molecular weight is 393 g/mol. The van der Waals surface area contributed by atoms with Crippen LogP contribution in [0.5, 0.6) is 0 Å². The van der Waals surface area contributed by atoms with E-state index in [1.54, 1.807) is 5.56 Å². The van der Waals surface area contributed by atoms with Crippen molar-refractivity contribution >= 4 is 0 Å². The Balaban J connectivity index is 1.42. The molecule has 1 aromatic heterocycles. The van der Waals surface area contributed by atoms with Gasteiger partial charge in [-0.3, -0.25) is 4.90 Å². The molecule has 8 rings (SSSR count). The second kappa shape index (κ2) is 7.42. The maximum absolute atomic E-state index is 6.69. The van der Waals surface area contributed by atoms with Crippen LogP contribution >= 0.6 is 0 Å². The molecule has 5 atom stereocenters. The Morgan fingerprint density at radius 1 is 0.931 bits per heavy atom. The van der Waals surface area contributed by atoms with Crippen molar-refractivity contribution in [3.63, 3.8) is 0 Å². The zero-order valence-corrected chi connectivity index (χ0v) is 17.8. The number of furan rings is 1. The van der Waals surface area contributed by atoms with Gasteiger partial charge in [0.2, 0.25) is 0 Å². The fourth-order valence-corrected chi connectivity index (χ4v) is 7.32. The maximum Gasteiger partial charge on any atom is 0.125 e. The molecular formula is C26H36N2O. The molecule has 6 aliphatic heterocycles. The van der Waals surface area contributed by atoms with Crippen LogP contribution in [0.4, 0.5) is 0 Å². The molecule has 3 nitrogen and oxygen atoms in total. The molecule has 2 fully saturated rings. The lowest BCUT2D eigenvalue weighted by atomic mass is 9.68. The van der Waals surface area contributed by atoms with E-state index in [1.165, 1.54) is 89.1 Å². The van der Waals surface area contributed by atoms with Crippen LogP contribution in [0.1, 0.15) is 86.8 Å². The van der Waals surface area contributed by atoms with Crippen LogP contribution in [0.15, 0.2) is 34.8 Å². The SMILES string of the molecule is C1=C\CCc2cc3c(o2)[C@H]2N4CCCC/C=C\[C@@H]4C[C@]24CN(CCCC/1)CC[C@H]34. The van der Waals surface area contributed by atoms with Crippen molar-refractivity contribution in [3.05, 3.63) is 47.5 Å². The van der Waals surface area contributed by atoms with Crippen LogP contribution in [0, 0.1) is 5.41 Å². The quantitative estimate of drug-likeness (QED) is 0.536. The second-order valence-corrected chi connectivity index (χ2v) is 10.2. The molecule has 156 valence electrons. The molecule has 6 bridgehead atoms. The predicted molar refractivity (Wildman–Crippen MR) is 117 cm³/mol. The molecule has 1 aliphatic carbocycles. The Morgan fingerprint density at radius 2 is 1.79 bits per heavy atom. The third kappa shape index (κ3) is 2.99. The van der Waals surface area contributed by atoms with Gasteiger partial charge in [-0.15, -0.1) is 0 Å². The zero-order valence-electron chi connectivity index (χ0n) is 17.8. The Morgan fingerprint density at radius 3 is 2.76 bits per heavy atom. The lowest BCUT2D eigenvalue weighted by molar-refractivity contribution is 0.0364. The van der Waals surface area contributed by atoms with Crippen molar-refractivity contribution in [1.82, 2.24) is 9.80 Å². The number of allylic oxidation sites excluding steroid dienone is 3. The van der Waals surface area contributed by atoms with Crippen LogP contribution in [-0.2, 0) is 6.42 Å². The van der Waals surface area contributed by atoms with Crippen molar-refractivity contribution < 1.29 is 4.42 Å². The highest BCUT2D eigenvalue weighted by molar-refractivity contribution is 5.42. The molecular weight excluding hydrogens is 356 g/mol. The summed E-state index contributed by atoms with van der Waals surface area (Å²) in [6.45, 7) is 5.07. The first-order valence-corrected chi connectivity index (χ1v) is 12.3. The number of piperidine rings is 1. The normalized spacial score (nSPS) is 41.8. The predicted octanol–water partition coefficient (Wildman–Crippen LogP) is 5.60. The maximum atomic E-state index is 6.69. The minimum Gasteiger partial charge on any atom is -0.464 e. The number of hydrogen-bond acceptors (Lipinski definition) is 3. The van der Waals surface area contributed by atoms with Gasteiger partial charge in [0.25, 0.3) is 0 Å². The molecule has 0 aromatic carbocycles. The fourth-order valence-electron chi connectivity index (χ4n) is 7.32. The molecule has 3 heteroatoms. The summed E-state index contributed by atoms with van der Waals surface area (Å²) in [4.78, 5) is 5.66. The molecule has 29 heavy (non-hydrogen) atoms. The summed E-state index contributed by atoms with van der Waals surface area (Å²) in [5, 5.41) is 0. The van der Waals surface area contributed by atoms with Crippen LogP contribution < -0.4 is 0 Å². The zero-order chi connectivity index (χ0) is 19.3. The summed E-state index contributed by atoms with van der Waals surface area (Å²) in [6.07, 6.45) is 22.5. The van der Waals surface area contributed by atoms with Gasteiger partial charge < -0.3 is 9.32 Å². The highest BCUT2D eigenvalue weighted by Crippen LogP contribution is 2.67. The van der Waals surface area contributed by atoms with Gasteiger partial charge >= 0.3 is 0 Å². The van der Waals surface area contributed by atoms with E-state index in [4.69, 9.17) is 4.42 Å². The van der Waals surface area contributed by atoms with Crippen molar-refractivity contribution in [3.8, 4) is 0 Å². The summed E-state index contributed by atoms with van der Waals surface area (Å²) >= 11 is 0. The summed E-state index contributed by atoms with van der Waals surface area (Å²) in [6, 6.07) is 3.59. The van der Waals surface area contributed by atoms with Gasteiger partial charge in [0.15, 0.2) is 0 Å². The van der Waals surface area contributed by atoms with Crippen LogP contribution in [0.3, 0.4) is 0 Å². The Kier molecular flexibility index (Phi) is 4.72. The van der Waals surface area contributed by atoms with E-state index in [1.807, 2.05) is 0 Å². The minimum atomic E-state index is 0.378. The van der Waals surface area contributed by atoms with Gasteiger partial charge in [0.05, 0.1) is 6.04 Å². The number of rotatable bonds is 0. The number of fused-ring (bicyclic) bond motifs is 2. The van der Waals surface area contributed by atoms with E-state index >= 15 is 0 Å². The van der Waals surface area contributed by atoms with Gasteiger partial charge in [0, 0.05) is 24.4 Å². The van der Waals surface area contributed by atoms with Gasteiger partial charge in [-0.05, 0) is 95.0 Å². The summed E-state index contributed by atoms with van der Waals surface area (Å²) in [7, 11) is 0. The Hall–Kier alpha value is -1.32. The third-order valence-corrected chi connectivity index (χ3v) is 8.52. The van der Waals surface area contributed by atoms with Crippen molar-refractivity contribution in [2.24, 2.45) is 5.41 Å². The lowest BCUT2D eigenvalue weighted by Crippen LogP contribution is -2.47. The molecule has 0 N–H and O–H groups in total. The molecule has 1 aromatic rings. The molecule has 2 saturated heterocycles. The first kappa shape index (κ1) is 18.4. The number of aryl methyl sites for hydroxylation is 1. The van der Waals surface area contributed by atoms with Crippen molar-refractivity contribution in [2.75, 3.05) is 26.2 Å². The van der Waals surface area contributed by atoms with E-state index in [0.29, 0.717) is 23.4 Å². The summed E-state index contributed by atoms with van der Waals surface area (Å²) in [5.74, 6) is 3.30. The van der Waals surface area contributed by atoms with Crippen LogP contribution in [0.2, 0.25) is 0 Å². The number of nitrogens with zero attached hydrogens (tertiary/aromatic N) is 2. The molecule has 0 radical (unpaired) electrons. The molecule has 0 saturated carbocycles. The summed E-state index contributed by atoms with van der Waals surface area (Å²) in [5.41, 5.74) is 1.97. The van der Waals surface area contributed by atoms with Gasteiger partial charge in [-0.2, -0.15) is 0 Å². The first-order valence-electron chi connectivity index (χ1n) is 12.3. The Bertz CT molecular complexity index is 808. The van der Waals surface area contributed by atoms with Crippen LogP contribution in [-0.4, -0.2) is 42.0 Å². The van der Waals surface area contributed by atoms with Gasteiger partial charge in [0.1, 0.15) is 11.5 Å². The monoisotopic (exact) mass is 392 g/mol. The van der Waals surface area contributed by atoms with E-state index < -0.39 is 0 Å². The molecule has 7 aliphatic rings. The molecule has 1 spiro atoms. The lowest BCUT2D eigenvalue weighted by Gasteiger charge is -2.45. The van der Waals surface area contributed by atoms with Crippen molar-refractivity contribution in [2.45, 2.75) is 82.2 Å². The van der Waals surface area contributed by atoms with Crippen LogP contribution in [0.25, 0.3) is 0 Å². The van der Waals surface area contributed by atoms with Crippen molar-refractivity contribution in [1.29, 1.82) is 0 Å². The molecule has 1 unspecified atom stereocenters. The largest absolute Gasteiger partial charge is 0.464 e. The standard InChI is InChI=1S/C26H36N2O/c1-2-5-9-14-27-16-13-23-22-17-21(12-8-3-1)29-24(22)25-26(23,19-27)18-20-11-7-4-6-10-15-28(20)25/h1,3,7,11,17,20,23,25H,2,4-6,8-10,12-16,18-19H2/b3-1-,11-7-/t20-,23-,25-,26-/m1/s1. The highest BCUT2D eigenvalue weighted by Gasteiger charge is 2.64. The molecule has 0 amide bonds. The van der Waals surface area contributed by atoms with E-state index in [0.717, 1.165) is 12.8 Å². The van der Waals surface area contributed by atoms with E-state index in [9.17, 15) is 0 Å². The average Bonchev–Trinajstić information content (AvgIpc) is 3.29. The summed E-state index contributed by atoms with van der Waals surface area (Å²) < 4.78 is 6.69. The topological polar surface area (TPSA) is 19.6 Å².